The number of halogens is 1. The van der Waals surface area contributed by atoms with Crippen LogP contribution in [0.1, 0.15) is 24.1 Å². The molecule has 172 valence electrons. The second kappa shape index (κ2) is 8.82. The number of hydrogen-bond acceptors (Lipinski definition) is 5. The van der Waals surface area contributed by atoms with Gasteiger partial charge in [-0.05, 0) is 62.2 Å². The molecule has 0 bridgehead atoms. The van der Waals surface area contributed by atoms with E-state index in [2.05, 4.69) is 4.98 Å². The molecule has 0 radical (unpaired) electrons. The number of benzene rings is 2. The predicted octanol–water partition coefficient (Wildman–Crippen LogP) is 4.33. The molecular weight excluding hydrogens is 447 g/mol. The van der Waals surface area contributed by atoms with E-state index in [9.17, 15) is 13.2 Å². The minimum Gasteiger partial charge on any atom is -0.483 e. The molecule has 0 saturated carbocycles. The largest absolute Gasteiger partial charge is 0.483 e. The van der Waals surface area contributed by atoms with E-state index >= 15 is 4.39 Å². The summed E-state index contributed by atoms with van der Waals surface area (Å²) >= 11 is 0. The molecule has 0 fully saturated rings. The lowest BCUT2D eigenvalue weighted by atomic mass is 10.1. The van der Waals surface area contributed by atoms with Crippen molar-refractivity contribution in [1.82, 2.24) is 4.98 Å². The summed E-state index contributed by atoms with van der Waals surface area (Å²) in [5, 5.41) is 9.04. The normalized spacial score (nSPS) is 15.6. The summed E-state index contributed by atoms with van der Waals surface area (Å²) in [5.74, 6) is -2.00. The average Bonchev–Trinajstić information content (AvgIpc) is 2.77. The number of anilines is 1. The fourth-order valence-corrected chi connectivity index (χ4v) is 5.38. The molecule has 33 heavy (non-hydrogen) atoms. The van der Waals surface area contributed by atoms with Gasteiger partial charge in [-0.25, -0.2) is 12.8 Å². The first-order valence-electron chi connectivity index (χ1n) is 10.4. The number of sulfonamides is 1. The molecule has 1 aromatic heterocycles. The minimum atomic E-state index is -4.07. The van der Waals surface area contributed by atoms with Gasteiger partial charge in [-0.15, -0.1) is 0 Å². The van der Waals surface area contributed by atoms with E-state index in [0.29, 0.717) is 11.3 Å². The SMILES string of the molecule is Cc1cccc(S(=O)(=O)N2C[C@H](CCC(=O)O)Oc3c(F)cc(-c4cccc(C)n4)cc32)c1. The van der Waals surface area contributed by atoms with Crippen LogP contribution in [-0.2, 0) is 14.8 Å². The van der Waals surface area contributed by atoms with Gasteiger partial charge in [0.2, 0.25) is 0 Å². The van der Waals surface area contributed by atoms with Crippen LogP contribution in [0.2, 0.25) is 0 Å². The first-order valence-corrected chi connectivity index (χ1v) is 11.8. The summed E-state index contributed by atoms with van der Waals surface area (Å²) in [4.78, 5) is 15.5. The quantitative estimate of drug-likeness (QED) is 0.576. The lowest BCUT2D eigenvalue weighted by Gasteiger charge is -2.36. The lowest BCUT2D eigenvalue weighted by Crippen LogP contribution is -2.44. The van der Waals surface area contributed by atoms with Gasteiger partial charge >= 0.3 is 5.97 Å². The van der Waals surface area contributed by atoms with Crippen molar-refractivity contribution >= 4 is 21.7 Å². The summed E-state index contributed by atoms with van der Waals surface area (Å²) in [6.07, 6.45) is -1.01. The van der Waals surface area contributed by atoms with Gasteiger partial charge in [-0.1, -0.05) is 18.2 Å². The Morgan fingerprint density at radius 1 is 1.18 bits per heavy atom. The van der Waals surface area contributed by atoms with Crippen molar-refractivity contribution in [1.29, 1.82) is 0 Å². The third-order valence-electron chi connectivity index (χ3n) is 5.39. The van der Waals surface area contributed by atoms with Crippen LogP contribution < -0.4 is 9.04 Å². The summed E-state index contributed by atoms with van der Waals surface area (Å²) in [6, 6.07) is 14.5. The molecule has 1 aliphatic rings. The van der Waals surface area contributed by atoms with Crippen LogP contribution in [0.5, 0.6) is 5.75 Å². The van der Waals surface area contributed by atoms with E-state index in [1.54, 1.807) is 43.3 Å². The lowest BCUT2D eigenvalue weighted by molar-refractivity contribution is -0.137. The number of nitrogens with zero attached hydrogens (tertiary/aromatic N) is 2. The maximum absolute atomic E-state index is 15.2. The highest BCUT2D eigenvalue weighted by Gasteiger charge is 2.36. The van der Waals surface area contributed by atoms with Crippen molar-refractivity contribution in [2.45, 2.75) is 37.7 Å². The van der Waals surface area contributed by atoms with Crippen LogP contribution in [0.15, 0.2) is 59.5 Å². The van der Waals surface area contributed by atoms with Crippen LogP contribution in [0, 0.1) is 19.7 Å². The number of aryl methyl sites for hydroxylation is 2. The Balaban J connectivity index is 1.85. The molecule has 4 rings (SSSR count). The number of carbonyl (C=O) groups is 1. The van der Waals surface area contributed by atoms with E-state index in [4.69, 9.17) is 9.84 Å². The summed E-state index contributed by atoms with van der Waals surface area (Å²) in [5.41, 5.74) is 2.46. The zero-order valence-electron chi connectivity index (χ0n) is 18.2. The van der Waals surface area contributed by atoms with Gasteiger partial charge < -0.3 is 9.84 Å². The second-order valence-electron chi connectivity index (χ2n) is 8.00. The second-order valence-corrected chi connectivity index (χ2v) is 9.86. The number of ether oxygens (including phenoxy) is 1. The molecule has 7 nitrogen and oxygen atoms in total. The monoisotopic (exact) mass is 470 g/mol. The first kappa shape index (κ1) is 22.7. The predicted molar refractivity (Wildman–Crippen MR) is 121 cm³/mol. The van der Waals surface area contributed by atoms with Gasteiger partial charge in [0.25, 0.3) is 10.0 Å². The fourth-order valence-electron chi connectivity index (χ4n) is 3.79. The van der Waals surface area contributed by atoms with Crippen molar-refractivity contribution in [3.63, 3.8) is 0 Å². The van der Waals surface area contributed by atoms with Crippen LogP contribution in [0.3, 0.4) is 0 Å². The molecule has 9 heteroatoms. The fraction of sp³-hybridized carbons (Fsp3) is 0.250. The highest BCUT2D eigenvalue weighted by Crippen LogP contribution is 2.42. The molecule has 1 N–H and O–H groups in total. The highest BCUT2D eigenvalue weighted by atomic mass is 32.2. The summed E-state index contributed by atoms with van der Waals surface area (Å²) < 4.78 is 49.3. The smallest absolute Gasteiger partial charge is 0.303 e. The molecule has 0 saturated heterocycles. The molecule has 0 aliphatic carbocycles. The number of hydrogen-bond donors (Lipinski definition) is 1. The molecule has 1 atom stereocenters. The molecule has 2 aromatic carbocycles. The Kier molecular flexibility index (Phi) is 6.07. The van der Waals surface area contributed by atoms with Gasteiger partial charge in [-0.2, -0.15) is 0 Å². The maximum atomic E-state index is 15.2. The number of rotatable bonds is 6. The number of carboxylic acids is 1. The number of aromatic nitrogens is 1. The topological polar surface area (TPSA) is 96.8 Å². The van der Waals surface area contributed by atoms with Crippen LogP contribution in [0.25, 0.3) is 11.3 Å². The molecular formula is C24H23FN2O5S. The van der Waals surface area contributed by atoms with Crippen LogP contribution >= 0.6 is 0 Å². The molecule has 0 amide bonds. The van der Waals surface area contributed by atoms with Gasteiger partial charge in [0.15, 0.2) is 11.6 Å². The van der Waals surface area contributed by atoms with E-state index in [0.717, 1.165) is 15.6 Å². The van der Waals surface area contributed by atoms with Crippen molar-refractivity contribution in [3.8, 4) is 17.0 Å². The van der Waals surface area contributed by atoms with Crippen molar-refractivity contribution < 1.29 is 27.4 Å². The van der Waals surface area contributed by atoms with Crippen molar-refractivity contribution in [3.05, 3.63) is 71.7 Å². The van der Waals surface area contributed by atoms with Crippen molar-refractivity contribution in [2.24, 2.45) is 0 Å². The molecule has 0 spiro atoms. The minimum absolute atomic E-state index is 0.0369. The Morgan fingerprint density at radius 3 is 2.64 bits per heavy atom. The van der Waals surface area contributed by atoms with Gasteiger partial charge in [-0.3, -0.25) is 14.1 Å². The van der Waals surface area contributed by atoms with E-state index < -0.39 is 27.9 Å². The third kappa shape index (κ3) is 4.68. The highest BCUT2D eigenvalue weighted by molar-refractivity contribution is 7.92. The number of pyridine rings is 1. The Hall–Kier alpha value is -3.46. The third-order valence-corrected chi connectivity index (χ3v) is 7.16. The zero-order valence-corrected chi connectivity index (χ0v) is 19.0. The van der Waals surface area contributed by atoms with Gasteiger partial charge in [0, 0.05) is 17.7 Å². The molecule has 3 aromatic rings. The van der Waals surface area contributed by atoms with Crippen molar-refractivity contribution in [2.75, 3.05) is 10.8 Å². The van der Waals surface area contributed by atoms with E-state index in [1.165, 1.54) is 12.1 Å². The number of fused-ring (bicyclic) bond motifs is 1. The van der Waals surface area contributed by atoms with Crippen LogP contribution in [0.4, 0.5) is 10.1 Å². The Morgan fingerprint density at radius 2 is 1.94 bits per heavy atom. The molecule has 1 aliphatic heterocycles. The van der Waals surface area contributed by atoms with Gasteiger partial charge in [0.1, 0.15) is 6.10 Å². The van der Waals surface area contributed by atoms with E-state index in [-0.39, 0.29) is 35.7 Å². The number of carboxylic acid groups (broad SMARTS) is 1. The zero-order chi connectivity index (χ0) is 23.8. The number of aliphatic carboxylic acids is 1. The Bertz CT molecular complexity index is 1330. The van der Waals surface area contributed by atoms with Crippen LogP contribution in [-0.4, -0.2) is 37.1 Å². The average molecular weight is 471 g/mol. The van der Waals surface area contributed by atoms with E-state index in [1.807, 2.05) is 13.0 Å². The summed E-state index contributed by atoms with van der Waals surface area (Å²) in [6.45, 7) is 3.45. The Labute approximate surface area is 191 Å². The molecule has 0 unspecified atom stereocenters. The maximum Gasteiger partial charge on any atom is 0.303 e. The van der Waals surface area contributed by atoms with Gasteiger partial charge in [0.05, 0.1) is 22.8 Å². The first-order chi connectivity index (χ1) is 15.6. The molecule has 2 heterocycles. The summed E-state index contributed by atoms with van der Waals surface area (Å²) in [7, 11) is -4.07. The standard InChI is InChI=1S/C24H23FN2O5S/c1-15-5-3-7-19(11-15)33(30,31)27-14-18(9-10-23(28)29)32-24-20(25)12-17(13-22(24)27)21-8-4-6-16(2)26-21/h3-8,11-13,18H,9-10,14H2,1-2H3,(H,28,29)/t18-/m0/s1.